The Hall–Kier alpha value is -0.650. The molecule has 0 bridgehead atoms. The molecule has 0 saturated heterocycles. The van der Waals surface area contributed by atoms with Gasteiger partial charge in [0.15, 0.2) is 0 Å². The van der Waals surface area contributed by atoms with Gasteiger partial charge in [0.25, 0.3) is 0 Å². The zero-order valence-corrected chi connectivity index (χ0v) is 12.5. The van der Waals surface area contributed by atoms with Crippen molar-refractivity contribution in [2.24, 2.45) is 11.7 Å². The summed E-state index contributed by atoms with van der Waals surface area (Å²) in [5, 5.41) is 3.55. The first-order chi connectivity index (χ1) is 8.94. The van der Waals surface area contributed by atoms with Gasteiger partial charge in [-0.15, -0.1) is 0 Å². The first-order valence-corrected chi connectivity index (χ1v) is 7.35. The molecule has 0 heterocycles. The van der Waals surface area contributed by atoms with Gasteiger partial charge >= 0.3 is 0 Å². The van der Waals surface area contributed by atoms with Crippen LogP contribution in [-0.4, -0.2) is 68.1 Å². The molecular formula is C14H28N4O. The number of nitrogens with two attached hydrogens (primary N) is 1. The molecule has 0 spiro atoms. The molecule has 0 radical (unpaired) electrons. The fraction of sp³-hybridized carbons (Fsp3) is 0.929. The summed E-state index contributed by atoms with van der Waals surface area (Å²) in [6, 6.07) is 0.510. The molecule has 5 heteroatoms. The number of hydrogen-bond donors (Lipinski definition) is 2. The Labute approximate surface area is 116 Å². The number of rotatable bonds is 9. The average Bonchev–Trinajstić information content (AvgIpc) is 3.16. The SMILES string of the molecule is CN(C)CCN(C)CC(NC1CC1)(C(N)=O)C1CC1. The van der Waals surface area contributed by atoms with Gasteiger partial charge in [0.05, 0.1) is 0 Å². The van der Waals surface area contributed by atoms with E-state index in [0.29, 0.717) is 12.0 Å². The van der Waals surface area contributed by atoms with Crippen molar-refractivity contribution >= 4 is 5.91 Å². The van der Waals surface area contributed by atoms with Gasteiger partial charge in [0, 0.05) is 25.7 Å². The van der Waals surface area contributed by atoms with Crippen molar-refractivity contribution < 1.29 is 4.79 Å². The highest BCUT2D eigenvalue weighted by Crippen LogP contribution is 2.41. The lowest BCUT2D eigenvalue weighted by Gasteiger charge is -2.36. The molecule has 1 atom stereocenters. The van der Waals surface area contributed by atoms with E-state index in [1.807, 2.05) is 0 Å². The topological polar surface area (TPSA) is 61.6 Å². The Kier molecular flexibility index (Phi) is 4.48. The van der Waals surface area contributed by atoms with Crippen molar-refractivity contribution in [3.05, 3.63) is 0 Å². The summed E-state index contributed by atoms with van der Waals surface area (Å²) in [6.07, 6.45) is 4.63. The summed E-state index contributed by atoms with van der Waals surface area (Å²) < 4.78 is 0. The van der Waals surface area contributed by atoms with Gasteiger partial charge in [-0.25, -0.2) is 0 Å². The van der Waals surface area contributed by atoms with Gasteiger partial charge in [0.2, 0.25) is 5.91 Å². The van der Waals surface area contributed by atoms with Crippen LogP contribution in [-0.2, 0) is 4.79 Å². The minimum atomic E-state index is -0.498. The number of nitrogens with one attached hydrogen (secondary N) is 1. The number of carbonyl (C=O) groups is 1. The van der Waals surface area contributed by atoms with E-state index in [0.717, 1.165) is 32.5 Å². The first-order valence-electron chi connectivity index (χ1n) is 7.35. The molecular weight excluding hydrogens is 240 g/mol. The molecule has 1 unspecified atom stereocenters. The summed E-state index contributed by atoms with van der Waals surface area (Å²) in [6.45, 7) is 2.69. The largest absolute Gasteiger partial charge is 0.368 e. The van der Waals surface area contributed by atoms with Crippen molar-refractivity contribution in [1.29, 1.82) is 0 Å². The van der Waals surface area contributed by atoms with E-state index < -0.39 is 5.54 Å². The Morgan fingerprint density at radius 3 is 2.26 bits per heavy atom. The van der Waals surface area contributed by atoms with Gasteiger partial charge in [0.1, 0.15) is 5.54 Å². The third-order valence-electron chi connectivity index (χ3n) is 4.20. The lowest BCUT2D eigenvalue weighted by atomic mass is 9.91. The number of nitrogens with zero attached hydrogens (tertiary/aromatic N) is 2. The molecule has 0 aliphatic heterocycles. The lowest BCUT2D eigenvalue weighted by Crippen LogP contribution is -2.63. The fourth-order valence-corrected chi connectivity index (χ4v) is 2.69. The van der Waals surface area contributed by atoms with Crippen LogP contribution in [0.1, 0.15) is 25.7 Å². The van der Waals surface area contributed by atoms with E-state index in [9.17, 15) is 4.79 Å². The summed E-state index contributed by atoms with van der Waals surface area (Å²) >= 11 is 0. The maximum atomic E-state index is 12.1. The van der Waals surface area contributed by atoms with Crippen LogP contribution in [0.5, 0.6) is 0 Å². The predicted octanol–water partition coefficient (Wildman–Crippen LogP) is -0.134. The van der Waals surface area contributed by atoms with Gasteiger partial charge in [-0.3, -0.25) is 10.1 Å². The fourth-order valence-electron chi connectivity index (χ4n) is 2.69. The second-order valence-electron chi connectivity index (χ2n) is 6.57. The number of hydrogen-bond acceptors (Lipinski definition) is 4. The molecule has 5 nitrogen and oxygen atoms in total. The highest BCUT2D eigenvalue weighted by atomic mass is 16.1. The third kappa shape index (κ3) is 3.91. The van der Waals surface area contributed by atoms with Gasteiger partial charge < -0.3 is 15.5 Å². The third-order valence-corrected chi connectivity index (χ3v) is 4.20. The Bertz CT molecular complexity index is 325. The van der Waals surface area contributed by atoms with Crippen molar-refractivity contribution in [2.45, 2.75) is 37.3 Å². The Morgan fingerprint density at radius 2 is 1.84 bits per heavy atom. The van der Waals surface area contributed by atoms with Crippen LogP contribution >= 0.6 is 0 Å². The molecule has 0 aromatic heterocycles. The molecule has 2 aliphatic rings. The molecule has 2 fully saturated rings. The quantitative estimate of drug-likeness (QED) is 0.611. The minimum Gasteiger partial charge on any atom is -0.368 e. The van der Waals surface area contributed by atoms with E-state index >= 15 is 0 Å². The van der Waals surface area contributed by atoms with E-state index in [-0.39, 0.29) is 5.91 Å². The molecule has 0 aromatic carbocycles. The van der Waals surface area contributed by atoms with Gasteiger partial charge in [-0.05, 0) is 52.7 Å². The summed E-state index contributed by atoms with van der Waals surface area (Å²) in [7, 11) is 6.22. The van der Waals surface area contributed by atoms with Crippen LogP contribution in [0.15, 0.2) is 0 Å². The van der Waals surface area contributed by atoms with E-state index in [1.165, 1.54) is 12.8 Å². The maximum absolute atomic E-state index is 12.1. The molecule has 2 aliphatic carbocycles. The minimum absolute atomic E-state index is 0.168. The van der Waals surface area contributed by atoms with E-state index in [2.05, 4.69) is 36.3 Å². The van der Waals surface area contributed by atoms with Crippen molar-refractivity contribution in [2.75, 3.05) is 40.8 Å². The average molecular weight is 268 g/mol. The van der Waals surface area contributed by atoms with Crippen LogP contribution in [0, 0.1) is 5.92 Å². The van der Waals surface area contributed by atoms with Crippen molar-refractivity contribution in [3.8, 4) is 0 Å². The van der Waals surface area contributed by atoms with Crippen LogP contribution in [0.4, 0.5) is 0 Å². The second kappa shape index (κ2) is 5.77. The van der Waals surface area contributed by atoms with E-state index in [4.69, 9.17) is 5.73 Å². The zero-order chi connectivity index (χ0) is 14.0. The molecule has 0 aromatic rings. The van der Waals surface area contributed by atoms with Gasteiger partial charge in [-0.1, -0.05) is 0 Å². The normalized spacial score (nSPS) is 22.8. The molecule has 19 heavy (non-hydrogen) atoms. The first kappa shape index (κ1) is 14.8. The van der Waals surface area contributed by atoms with Crippen LogP contribution in [0.2, 0.25) is 0 Å². The van der Waals surface area contributed by atoms with Crippen LogP contribution in [0.3, 0.4) is 0 Å². The lowest BCUT2D eigenvalue weighted by molar-refractivity contribution is -0.126. The maximum Gasteiger partial charge on any atom is 0.239 e. The standard InChI is InChI=1S/C14H28N4O/c1-17(2)8-9-18(3)10-14(13(15)19,11-4-5-11)16-12-6-7-12/h11-12,16H,4-10H2,1-3H3,(H2,15,19). The summed E-state index contributed by atoms with van der Waals surface area (Å²) in [4.78, 5) is 16.5. The molecule has 3 N–H and O–H groups in total. The molecule has 2 saturated carbocycles. The highest BCUT2D eigenvalue weighted by molar-refractivity contribution is 5.86. The highest BCUT2D eigenvalue weighted by Gasteiger charge is 2.52. The predicted molar refractivity (Wildman–Crippen MR) is 76.9 cm³/mol. The smallest absolute Gasteiger partial charge is 0.239 e. The van der Waals surface area contributed by atoms with Gasteiger partial charge in [-0.2, -0.15) is 0 Å². The Morgan fingerprint density at radius 1 is 1.21 bits per heavy atom. The van der Waals surface area contributed by atoms with Crippen molar-refractivity contribution in [3.63, 3.8) is 0 Å². The number of primary amides is 1. The number of likely N-dealkylation sites (N-methyl/N-ethyl adjacent to an activating group) is 2. The Balaban J connectivity index is 1.97. The zero-order valence-electron chi connectivity index (χ0n) is 12.5. The van der Waals surface area contributed by atoms with E-state index in [1.54, 1.807) is 0 Å². The summed E-state index contributed by atoms with van der Waals surface area (Å²) in [5.74, 6) is 0.269. The number of carbonyl (C=O) groups excluding carboxylic acids is 1. The number of amides is 1. The molecule has 1 amide bonds. The second-order valence-corrected chi connectivity index (χ2v) is 6.57. The monoisotopic (exact) mass is 268 g/mol. The van der Waals surface area contributed by atoms with Crippen molar-refractivity contribution in [1.82, 2.24) is 15.1 Å². The van der Waals surface area contributed by atoms with Crippen LogP contribution < -0.4 is 11.1 Å². The summed E-state index contributed by atoms with van der Waals surface area (Å²) in [5.41, 5.74) is 5.26. The molecule has 2 rings (SSSR count). The van der Waals surface area contributed by atoms with Crippen LogP contribution in [0.25, 0.3) is 0 Å². The molecule has 110 valence electrons.